The highest BCUT2D eigenvalue weighted by Gasteiger charge is 2.13. The zero-order chi connectivity index (χ0) is 26.3. The Hall–Kier alpha value is -3.14. The average Bonchev–Trinajstić information content (AvgIpc) is 3.34. The molecule has 200 valence electrons. The number of nitrogens with one attached hydrogen (secondary N) is 3. The number of anilines is 1. The van der Waals surface area contributed by atoms with Crippen LogP contribution in [0, 0.1) is 5.41 Å². The Labute approximate surface area is 223 Å². The molecule has 0 unspecified atom stereocenters. The smallest absolute Gasteiger partial charge is 0.183 e. The third-order valence-electron chi connectivity index (χ3n) is 5.77. The van der Waals surface area contributed by atoms with Gasteiger partial charge in [-0.25, -0.2) is 4.98 Å². The van der Waals surface area contributed by atoms with Crippen LogP contribution in [0.25, 0.3) is 11.3 Å². The molecule has 2 aromatic carbocycles. The molecule has 0 bridgehead atoms. The van der Waals surface area contributed by atoms with Crippen molar-refractivity contribution in [2.45, 2.75) is 51.9 Å². The van der Waals surface area contributed by atoms with Gasteiger partial charge in [-0.2, -0.15) is 0 Å². The van der Waals surface area contributed by atoms with E-state index in [2.05, 4.69) is 24.4 Å². The molecule has 0 amide bonds. The van der Waals surface area contributed by atoms with Crippen LogP contribution in [-0.2, 0) is 6.42 Å². The number of hydrogen-bond acceptors (Lipinski definition) is 8. The van der Waals surface area contributed by atoms with Gasteiger partial charge in [-0.15, -0.1) is 11.3 Å². The normalized spacial score (nSPS) is 10.8. The Bertz CT molecular complexity index is 1070. The molecule has 0 aliphatic rings. The lowest BCUT2D eigenvalue weighted by molar-refractivity contribution is 0.234. The summed E-state index contributed by atoms with van der Waals surface area (Å²) in [6.07, 6.45) is 6.88. The summed E-state index contributed by atoms with van der Waals surface area (Å²) in [5.74, 6) is 1.56. The number of ether oxygens (including phenoxy) is 2. The summed E-state index contributed by atoms with van der Waals surface area (Å²) in [5, 5.41) is 29.6. The summed E-state index contributed by atoms with van der Waals surface area (Å²) in [5.41, 5.74) is 4.56. The Balaban J connectivity index is 1.39. The zero-order valence-electron chi connectivity index (χ0n) is 21.5. The van der Waals surface area contributed by atoms with E-state index in [-0.39, 0.29) is 12.4 Å². The third-order valence-corrected chi connectivity index (χ3v) is 6.85. The van der Waals surface area contributed by atoms with Crippen molar-refractivity contribution < 1.29 is 19.8 Å². The van der Waals surface area contributed by atoms with Crippen LogP contribution in [0.1, 0.15) is 55.9 Å². The predicted octanol–water partition coefficient (Wildman–Crippen LogP) is 5.88. The Morgan fingerprint density at radius 3 is 2.16 bits per heavy atom. The standard InChI is InChI=1S/C28H38N4O4S/c1-2-3-8-25-26(31-28(37-25)30-17-7-18-33)21-9-13-23(14-10-21)35-19-5-4-6-20-36-24-15-11-22(12-16-24)27(29)32-34/h9-16,33-34H,2-8,17-20H2,1H3,(H2,29,32)(H,30,31). The molecule has 0 saturated carbocycles. The molecule has 0 fully saturated rings. The summed E-state index contributed by atoms with van der Waals surface area (Å²) in [7, 11) is 0. The molecule has 9 heteroatoms. The fourth-order valence-electron chi connectivity index (χ4n) is 3.69. The van der Waals surface area contributed by atoms with E-state index in [1.54, 1.807) is 35.6 Å². The Morgan fingerprint density at radius 1 is 0.919 bits per heavy atom. The van der Waals surface area contributed by atoms with Gasteiger partial charge in [0.25, 0.3) is 0 Å². The van der Waals surface area contributed by atoms with Gasteiger partial charge in [-0.05, 0) is 87.1 Å². The number of thiazole rings is 1. The highest BCUT2D eigenvalue weighted by Crippen LogP contribution is 2.33. The van der Waals surface area contributed by atoms with Crippen molar-refractivity contribution in [2.75, 3.05) is 31.7 Å². The highest BCUT2D eigenvalue weighted by molar-refractivity contribution is 7.16. The van der Waals surface area contributed by atoms with E-state index < -0.39 is 0 Å². The van der Waals surface area contributed by atoms with Crippen molar-refractivity contribution in [1.82, 2.24) is 10.5 Å². The van der Waals surface area contributed by atoms with E-state index >= 15 is 0 Å². The number of unbranched alkanes of at least 4 members (excludes halogenated alkanes) is 3. The number of benzene rings is 2. The van der Waals surface area contributed by atoms with E-state index in [9.17, 15) is 0 Å². The summed E-state index contributed by atoms with van der Waals surface area (Å²) in [4.78, 5) is 6.12. The van der Waals surface area contributed by atoms with Gasteiger partial charge in [-0.3, -0.25) is 16.1 Å². The maximum absolute atomic E-state index is 9.02. The van der Waals surface area contributed by atoms with Crippen LogP contribution in [-0.4, -0.2) is 47.5 Å². The molecule has 0 spiro atoms. The number of hydrogen-bond donors (Lipinski definition) is 5. The largest absolute Gasteiger partial charge is 0.494 e. The lowest BCUT2D eigenvalue weighted by atomic mass is 10.1. The average molecular weight is 527 g/mol. The first-order valence-electron chi connectivity index (χ1n) is 12.9. The Kier molecular flexibility index (Phi) is 12.2. The highest BCUT2D eigenvalue weighted by atomic mass is 32.1. The number of hydroxylamine groups is 1. The number of rotatable bonds is 17. The van der Waals surface area contributed by atoms with E-state index in [1.807, 2.05) is 17.6 Å². The van der Waals surface area contributed by atoms with Gasteiger partial charge in [-0.1, -0.05) is 13.3 Å². The van der Waals surface area contributed by atoms with Gasteiger partial charge in [0.05, 0.1) is 18.9 Å². The number of aliphatic hydroxyl groups is 1. The fourth-order valence-corrected chi connectivity index (χ4v) is 4.74. The molecule has 5 N–H and O–H groups in total. The van der Waals surface area contributed by atoms with Crippen LogP contribution in [0.5, 0.6) is 11.5 Å². The molecule has 0 saturated heterocycles. The quantitative estimate of drug-likeness (QED) is 0.0645. The lowest BCUT2D eigenvalue weighted by Crippen LogP contribution is -2.18. The minimum Gasteiger partial charge on any atom is -0.494 e. The van der Waals surface area contributed by atoms with Crippen LogP contribution in [0.15, 0.2) is 48.5 Å². The van der Waals surface area contributed by atoms with Crippen LogP contribution in [0.4, 0.5) is 5.13 Å². The monoisotopic (exact) mass is 526 g/mol. The van der Waals surface area contributed by atoms with Gasteiger partial charge in [0, 0.05) is 29.2 Å². The van der Waals surface area contributed by atoms with Crippen LogP contribution >= 0.6 is 11.3 Å². The second-order valence-corrected chi connectivity index (χ2v) is 9.78. The molecule has 0 atom stereocenters. The van der Waals surface area contributed by atoms with Gasteiger partial charge in [0.15, 0.2) is 5.13 Å². The molecule has 37 heavy (non-hydrogen) atoms. The molecule has 3 aromatic rings. The van der Waals surface area contributed by atoms with E-state index in [0.717, 1.165) is 73.0 Å². The van der Waals surface area contributed by atoms with Crippen molar-refractivity contribution >= 4 is 22.3 Å². The maximum Gasteiger partial charge on any atom is 0.183 e. The fraction of sp³-hybridized carbons (Fsp3) is 0.429. The van der Waals surface area contributed by atoms with E-state index in [1.165, 1.54) is 4.88 Å². The first-order chi connectivity index (χ1) is 18.1. The lowest BCUT2D eigenvalue weighted by Gasteiger charge is -2.09. The van der Waals surface area contributed by atoms with Crippen LogP contribution in [0.2, 0.25) is 0 Å². The van der Waals surface area contributed by atoms with Crippen LogP contribution in [0.3, 0.4) is 0 Å². The zero-order valence-corrected chi connectivity index (χ0v) is 22.3. The van der Waals surface area contributed by atoms with Crippen molar-refractivity contribution in [3.63, 3.8) is 0 Å². The predicted molar refractivity (Wildman–Crippen MR) is 149 cm³/mol. The molecule has 0 aliphatic carbocycles. The minimum absolute atomic E-state index is 0.0437. The van der Waals surface area contributed by atoms with Gasteiger partial charge in [0.2, 0.25) is 0 Å². The van der Waals surface area contributed by atoms with Gasteiger partial charge < -0.3 is 19.9 Å². The molecule has 0 aliphatic heterocycles. The van der Waals surface area contributed by atoms with Crippen molar-refractivity contribution in [2.24, 2.45) is 0 Å². The van der Waals surface area contributed by atoms with Gasteiger partial charge in [0.1, 0.15) is 17.3 Å². The molecule has 1 aromatic heterocycles. The molecular formula is C28H38N4O4S. The summed E-state index contributed by atoms with van der Waals surface area (Å²) in [6.45, 7) is 4.37. The third kappa shape index (κ3) is 9.35. The Morgan fingerprint density at radius 2 is 1.57 bits per heavy atom. The number of nitrogens with zero attached hydrogens (tertiary/aromatic N) is 1. The number of aryl methyl sites for hydroxylation is 1. The first-order valence-corrected chi connectivity index (χ1v) is 13.8. The van der Waals surface area contributed by atoms with Crippen molar-refractivity contribution in [1.29, 1.82) is 5.41 Å². The topological polar surface area (TPSA) is 120 Å². The minimum atomic E-state index is -0.0437. The maximum atomic E-state index is 9.02. The first kappa shape index (κ1) is 28.4. The molecule has 1 heterocycles. The van der Waals surface area contributed by atoms with E-state index in [4.69, 9.17) is 30.2 Å². The summed E-state index contributed by atoms with van der Waals surface area (Å²) < 4.78 is 11.7. The molecule has 8 nitrogen and oxygen atoms in total. The molecule has 3 rings (SSSR count). The summed E-state index contributed by atoms with van der Waals surface area (Å²) >= 11 is 1.71. The second-order valence-electron chi connectivity index (χ2n) is 8.69. The number of aromatic nitrogens is 1. The second kappa shape index (κ2) is 15.9. The number of amidine groups is 1. The van der Waals surface area contributed by atoms with Crippen LogP contribution < -0.4 is 20.3 Å². The van der Waals surface area contributed by atoms with Crippen molar-refractivity contribution in [3.05, 3.63) is 59.0 Å². The number of aliphatic hydroxyl groups excluding tert-OH is 1. The van der Waals surface area contributed by atoms with Crippen molar-refractivity contribution in [3.8, 4) is 22.8 Å². The van der Waals surface area contributed by atoms with E-state index in [0.29, 0.717) is 25.2 Å². The summed E-state index contributed by atoms with van der Waals surface area (Å²) in [6, 6.07) is 15.2. The SMILES string of the molecule is CCCCc1sc(NCCCO)nc1-c1ccc(OCCCCCOc2ccc(C(=N)NO)cc2)cc1. The van der Waals surface area contributed by atoms with Gasteiger partial charge >= 0.3 is 0 Å². The molecule has 0 radical (unpaired) electrons. The molecular weight excluding hydrogens is 488 g/mol.